The van der Waals surface area contributed by atoms with Crippen LogP contribution in [0, 0.1) is 14.9 Å². The van der Waals surface area contributed by atoms with Crippen molar-refractivity contribution in [3.05, 3.63) is 60.6 Å². The molecule has 0 bridgehead atoms. The lowest BCUT2D eigenvalue weighted by Gasteiger charge is -2.12. The molecule has 1 aliphatic heterocycles. The Kier molecular flexibility index (Phi) is 4.13. The molecule has 0 aliphatic carbocycles. The van der Waals surface area contributed by atoms with Gasteiger partial charge in [-0.1, -0.05) is 12.1 Å². The molecule has 10 heteroatoms. The van der Waals surface area contributed by atoms with Gasteiger partial charge >= 0.3 is 0 Å². The standard InChI is InChI=1S/C15H15N5O4S/c1-18-13(21)12(14(22)19(2)15(18)25)11-7-10(16-17-11)8-4-3-5-9(6-8)20(23)24/h3-6,10,16,21H,7H2,1-2H3/t10-/m0/s1. The monoisotopic (exact) mass is 361 g/mol. The second-order valence-electron chi connectivity index (χ2n) is 5.70. The van der Waals surface area contributed by atoms with Crippen LogP contribution in [0.4, 0.5) is 5.69 Å². The minimum atomic E-state index is -0.468. The number of benzene rings is 1. The summed E-state index contributed by atoms with van der Waals surface area (Å²) in [5.41, 5.74) is 3.52. The number of aromatic hydroxyl groups is 1. The molecular weight excluding hydrogens is 346 g/mol. The van der Waals surface area contributed by atoms with Crippen LogP contribution in [-0.2, 0) is 14.1 Å². The Balaban J connectivity index is 1.97. The SMILES string of the molecule is Cn1c(O)c(C2=NN[C@H](c3cccc([N+](=O)[O-])c3)C2)c(=O)n(C)c1=S. The van der Waals surface area contributed by atoms with Crippen molar-refractivity contribution in [2.24, 2.45) is 19.2 Å². The van der Waals surface area contributed by atoms with Crippen LogP contribution < -0.4 is 11.0 Å². The maximum atomic E-state index is 12.5. The van der Waals surface area contributed by atoms with Crippen LogP contribution in [0.2, 0.25) is 0 Å². The molecule has 1 atom stereocenters. The maximum Gasteiger partial charge on any atom is 0.269 e. The second-order valence-corrected chi connectivity index (χ2v) is 6.07. The molecule has 2 aromatic rings. The first-order valence-electron chi connectivity index (χ1n) is 7.37. The fraction of sp³-hybridized carbons (Fsp3) is 0.267. The average Bonchev–Trinajstić information content (AvgIpc) is 3.08. The molecule has 1 aromatic carbocycles. The first kappa shape index (κ1) is 16.8. The Morgan fingerprint density at radius 2 is 2.12 bits per heavy atom. The molecule has 9 nitrogen and oxygen atoms in total. The van der Waals surface area contributed by atoms with Crippen molar-refractivity contribution in [2.75, 3.05) is 0 Å². The Morgan fingerprint density at radius 1 is 1.40 bits per heavy atom. The summed E-state index contributed by atoms with van der Waals surface area (Å²) in [4.78, 5) is 22.9. The minimum Gasteiger partial charge on any atom is -0.494 e. The van der Waals surface area contributed by atoms with Crippen LogP contribution in [-0.4, -0.2) is 24.9 Å². The summed E-state index contributed by atoms with van der Waals surface area (Å²) >= 11 is 5.09. The number of hydrogen-bond acceptors (Lipinski definition) is 7. The van der Waals surface area contributed by atoms with E-state index in [1.807, 2.05) is 0 Å². The molecule has 1 aliphatic rings. The van der Waals surface area contributed by atoms with Crippen molar-refractivity contribution in [3.8, 4) is 5.88 Å². The fourth-order valence-corrected chi connectivity index (χ4v) is 2.90. The highest BCUT2D eigenvalue weighted by Gasteiger charge is 2.27. The van der Waals surface area contributed by atoms with Crippen LogP contribution in [0.1, 0.15) is 23.6 Å². The van der Waals surface area contributed by atoms with E-state index in [4.69, 9.17) is 12.2 Å². The quantitative estimate of drug-likeness (QED) is 0.486. The zero-order chi connectivity index (χ0) is 18.3. The Hall–Kier alpha value is -3.01. The number of nitro groups is 1. The number of nitrogens with one attached hydrogen (secondary N) is 1. The van der Waals surface area contributed by atoms with Crippen LogP contribution in [0.25, 0.3) is 0 Å². The third-order valence-corrected chi connectivity index (χ3v) is 4.71. The molecule has 0 unspecified atom stereocenters. The highest BCUT2D eigenvalue weighted by atomic mass is 32.1. The van der Waals surface area contributed by atoms with Gasteiger partial charge < -0.3 is 10.5 Å². The van der Waals surface area contributed by atoms with Crippen molar-refractivity contribution < 1.29 is 10.0 Å². The third kappa shape index (κ3) is 2.80. The molecule has 0 fully saturated rings. The van der Waals surface area contributed by atoms with Crippen molar-refractivity contribution in [3.63, 3.8) is 0 Å². The molecule has 1 aromatic heterocycles. The number of hydrazone groups is 1. The van der Waals surface area contributed by atoms with E-state index in [9.17, 15) is 20.0 Å². The molecule has 2 N–H and O–H groups in total. The van der Waals surface area contributed by atoms with Crippen LogP contribution in [0.3, 0.4) is 0 Å². The van der Waals surface area contributed by atoms with Gasteiger partial charge in [0.15, 0.2) is 4.77 Å². The van der Waals surface area contributed by atoms with E-state index in [0.29, 0.717) is 17.7 Å². The van der Waals surface area contributed by atoms with Gasteiger partial charge in [-0.15, -0.1) is 0 Å². The van der Waals surface area contributed by atoms with E-state index in [-0.39, 0.29) is 27.9 Å². The van der Waals surface area contributed by atoms with Gasteiger partial charge in [0.2, 0.25) is 5.88 Å². The third-order valence-electron chi connectivity index (χ3n) is 4.16. The summed E-state index contributed by atoms with van der Waals surface area (Å²) in [6.07, 6.45) is 0.306. The zero-order valence-electron chi connectivity index (χ0n) is 13.5. The summed E-state index contributed by atoms with van der Waals surface area (Å²) in [6, 6.07) is 5.88. The molecule has 0 spiro atoms. The predicted molar refractivity (Wildman–Crippen MR) is 93.3 cm³/mol. The molecule has 130 valence electrons. The number of rotatable bonds is 3. The van der Waals surface area contributed by atoms with E-state index in [1.54, 1.807) is 19.2 Å². The average molecular weight is 361 g/mol. The van der Waals surface area contributed by atoms with Gasteiger partial charge in [0.1, 0.15) is 5.56 Å². The second kappa shape index (κ2) is 6.13. The van der Waals surface area contributed by atoms with Crippen molar-refractivity contribution in [2.45, 2.75) is 12.5 Å². The van der Waals surface area contributed by atoms with Gasteiger partial charge in [-0.25, -0.2) is 0 Å². The molecule has 2 heterocycles. The number of nitrogens with zero attached hydrogens (tertiary/aromatic N) is 4. The lowest BCUT2D eigenvalue weighted by Crippen LogP contribution is -2.28. The van der Waals surface area contributed by atoms with Crippen LogP contribution in [0.15, 0.2) is 34.2 Å². The maximum absolute atomic E-state index is 12.5. The highest BCUT2D eigenvalue weighted by molar-refractivity contribution is 7.71. The molecule has 0 amide bonds. The molecule has 25 heavy (non-hydrogen) atoms. The zero-order valence-corrected chi connectivity index (χ0v) is 14.3. The van der Waals surface area contributed by atoms with Crippen molar-refractivity contribution in [1.82, 2.24) is 14.6 Å². The predicted octanol–water partition coefficient (Wildman–Crippen LogP) is 1.51. The summed E-state index contributed by atoms with van der Waals surface area (Å²) < 4.78 is 2.77. The van der Waals surface area contributed by atoms with Gasteiger partial charge in [-0.3, -0.25) is 24.0 Å². The van der Waals surface area contributed by atoms with Gasteiger partial charge in [0, 0.05) is 32.6 Å². The Morgan fingerprint density at radius 3 is 2.80 bits per heavy atom. The van der Waals surface area contributed by atoms with E-state index in [1.165, 1.54) is 28.3 Å². The van der Waals surface area contributed by atoms with Gasteiger partial charge in [0.25, 0.3) is 11.2 Å². The van der Waals surface area contributed by atoms with Gasteiger partial charge in [-0.05, 0) is 17.8 Å². The van der Waals surface area contributed by atoms with Gasteiger partial charge in [-0.2, -0.15) is 5.10 Å². The van der Waals surface area contributed by atoms with Crippen molar-refractivity contribution in [1.29, 1.82) is 0 Å². The lowest BCUT2D eigenvalue weighted by atomic mass is 9.99. The first-order chi connectivity index (χ1) is 11.8. The number of non-ortho nitro benzene ring substituents is 1. The summed E-state index contributed by atoms with van der Waals surface area (Å²) in [6.45, 7) is 0. The Labute approximate surface area is 147 Å². The largest absolute Gasteiger partial charge is 0.494 e. The van der Waals surface area contributed by atoms with Crippen LogP contribution in [0.5, 0.6) is 5.88 Å². The molecule has 3 rings (SSSR count). The van der Waals surface area contributed by atoms with E-state index in [2.05, 4.69) is 10.5 Å². The fourth-order valence-electron chi connectivity index (χ4n) is 2.73. The minimum absolute atomic E-state index is 0.0200. The van der Waals surface area contributed by atoms with Crippen LogP contribution >= 0.6 is 12.2 Å². The summed E-state index contributed by atoms with van der Waals surface area (Å²) in [5, 5.41) is 25.4. The van der Waals surface area contributed by atoms with E-state index < -0.39 is 10.5 Å². The normalized spacial score (nSPS) is 16.4. The molecule has 0 saturated heterocycles. The molecular formula is C15H15N5O4S. The summed E-state index contributed by atoms with van der Waals surface area (Å²) in [5.74, 6) is -0.256. The smallest absolute Gasteiger partial charge is 0.269 e. The first-order valence-corrected chi connectivity index (χ1v) is 7.78. The van der Waals surface area contributed by atoms with E-state index in [0.717, 1.165) is 0 Å². The Bertz CT molecular complexity index is 1020. The topological polar surface area (TPSA) is 115 Å². The number of aromatic nitrogens is 2. The molecule has 0 saturated carbocycles. The molecule has 0 radical (unpaired) electrons. The van der Waals surface area contributed by atoms with Crippen molar-refractivity contribution >= 4 is 23.6 Å². The number of nitro benzene ring substituents is 1. The van der Waals surface area contributed by atoms with Gasteiger partial charge in [0.05, 0.1) is 16.7 Å². The summed E-state index contributed by atoms with van der Waals surface area (Å²) in [7, 11) is 3.08. The highest BCUT2D eigenvalue weighted by Crippen LogP contribution is 2.28. The van der Waals surface area contributed by atoms with E-state index >= 15 is 0 Å². The lowest BCUT2D eigenvalue weighted by molar-refractivity contribution is -0.384. The number of hydrogen-bond donors (Lipinski definition) is 2.